The highest BCUT2D eigenvalue weighted by atomic mass is 32.2. The molecule has 0 bridgehead atoms. The van der Waals surface area contributed by atoms with E-state index in [-0.39, 0.29) is 22.0 Å². The zero-order valence-corrected chi connectivity index (χ0v) is 16.9. The van der Waals surface area contributed by atoms with Crippen molar-refractivity contribution in [1.29, 1.82) is 0 Å². The van der Waals surface area contributed by atoms with Gasteiger partial charge in [0.2, 0.25) is 0 Å². The summed E-state index contributed by atoms with van der Waals surface area (Å²) in [6, 6.07) is 13.1. The van der Waals surface area contributed by atoms with Gasteiger partial charge in [-0.05, 0) is 51.5 Å². The van der Waals surface area contributed by atoms with Gasteiger partial charge < -0.3 is 0 Å². The van der Waals surface area contributed by atoms with Gasteiger partial charge in [0.15, 0.2) is 19.7 Å². The second kappa shape index (κ2) is 7.37. The van der Waals surface area contributed by atoms with Gasteiger partial charge in [-0.3, -0.25) is 0 Å². The fraction of sp³-hybridized carbons (Fsp3) is 0.300. The van der Waals surface area contributed by atoms with Crippen LogP contribution in [0.5, 0.6) is 0 Å². The smallest absolute Gasteiger partial charge is 0.187 e. The fourth-order valence-electron chi connectivity index (χ4n) is 2.53. The number of hydrogen-bond acceptors (Lipinski definition) is 4. The predicted octanol–water partition coefficient (Wildman–Crippen LogP) is 3.89. The molecule has 0 saturated heterocycles. The first-order chi connectivity index (χ1) is 12.0. The number of hydrogen-bond donors (Lipinski definition) is 0. The molecule has 6 heteroatoms. The Morgan fingerprint density at radius 1 is 0.846 bits per heavy atom. The van der Waals surface area contributed by atoms with Gasteiger partial charge in [0.25, 0.3) is 0 Å². The van der Waals surface area contributed by atoms with E-state index < -0.39 is 24.4 Å². The average molecular weight is 393 g/mol. The van der Waals surface area contributed by atoms with Crippen LogP contribution in [0.25, 0.3) is 0 Å². The van der Waals surface area contributed by atoms with E-state index in [1.165, 1.54) is 13.0 Å². The van der Waals surface area contributed by atoms with Gasteiger partial charge in [-0.15, -0.1) is 6.58 Å². The van der Waals surface area contributed by atoms with Crippen LogP contribution >= 0.6 is 0 Å². The van der Waals surface area contributed by atoms with Gasteiger partial charge >= 0.3 is 0 Å². The van der Waals surface area contributed by atoms with Crippen LogP contribution in [0.1, 0.15) is 24.5 Å². The lowest BCUT2D eigenvalue weighted by Crippen LogP contribution is -2.35. The molecule has 0 amide bonds. The molecular weight excluding hydrogens is 368 g/mol. The van der Waals surface area contributed by atoms with Crippen molar-refractivity contribution in [3.05, 3.63) is 72.3 Å². The topological polar surface area (TPSA) is 68.3 Å². The van der Waals surface area contributed by atoms with Gasteiger partial charge in [-0.25, -0.2) is 16.8 Å². The van der Waals surface area contributed by atoms with Crippen molar-refractivity contribution < 1.29 is 16.8 Å². The fourth-order valence-corrected chi connectivity index (χ4v) is 5.76. The largest absolute Gasteiger partial charge is 0.224 e. The molecule has 0 N–H and O–H groups in total. The van der Waals surface area contributed by atoms with Crippen LogP contribution in [-0.4, -0.2) is 27.3 Å². The van der Waals surface area contributed by atoms with Crippen molar-refractivity contribution in [2.75, 3.05) is 5.75 Å². The minimum atomic E-state index is -3.76. The standard InChI is InChI=1S/C20H24O4S2/c1-5-20(4,26(23,24)19-12-8-17(3)9-13-19)14-15-25(21,22)18-10-6-16(2)7-11-18/h5-13H,1,14-15H2,2-4H3. The van der Waals surface area contributed by atoms with Gasteiger partial charge in [0.05, 0.1) is 20.3 Å². The predicted molar refractivity (Wildman–Crippen MR) is 105 cm³/mol. The van der Waals surface area contributed by atoms with Gasteiger partial charge in [-0.1, -0.05) is 41.5 Å². The maximum atomic E-state index is 13.0. The zero-order valence-electron chi connectivity index (χ0n) is 15.3. The van der Waals surface area contributed by atoms with Crippen LogP contribution in [0.2, 0.25) is 0 Å². The lowest BCUT2D eigenvalue weighted by molar-refractivity contribution is 0.553. The molecule has 1 atom stereocenters. The van der Waals surface area contributed by atoms with Crippen LogP contribution in [0.15, 0.2) is 71.0 Å². The Balaban J connectivity index is 2.31. The summed E-state index contributed by atoms with van der Waals surface area (Å²) >= 11 is 0. The van der Waals surface area contributed by atoms with Crippen molar-refractivity contribution in [3.8, 4) is 0 Å². The molecule has 0 aliphatic rings. The second-order valence-electron chi connectivity index (χ2n) is 6.72. The van der Waals surface area contributed by atoms with Gasteiger partial charge in [0, 0.05) is 0 Å². The molecule has 0 saturated carbocycles. The minimum Gasteiger partial charge on any atom is -0.224 e. The molecule has 140 valence electrons. The van der Waals surface area contributed by atoms with E-state index in [1.807, 2.05) is 13.8 Å². The second-order valence-corrected chi connectivity index (χ2v) is 11.2. The lowest BCUT2D eigenvalue weighted by Gasteiger charge is -2.26. The summed E-state index contributed by atoms with van der Waals surface area (Å²) in [4.78, 5) is 0.362. The molecule has 0 aliphatic carbocycles. The van der Waals surface area contributed by atoms with Crippen LogP contribution < -0.4 is 0 Å². The molecule has 0 heterocycles. The Labute approximate surface area is 156 Å². The van der Waals surface area contributed by atoms with Crippen molar-refractivity contribution in [3.63, 3.8) is 0 Å². The molecule has 26 heavy (non-hydrogen) atoms. The first-order valence-corrected chi connectivity index (χ1v) is 11.4. The van der Waals surface area contributed by atoms with E-state index in [1.54, 1.807) is 48.5 Å². The Bertz CT molecular complexity index is 987. The summed E-state index contributed by atoms with van der Waals surface area (Å²) in [5.74, 6) is -0.274. The Kier molecular flexibility index (Phi) is 5.78. The highest BCUT2D eigenvalue weighted by molar-refractivity contribution is 7.93. The summed E-state index contributed by atoms with van der Waals surface area (Å²) in [5.41, 5.74) is 1.91. The van der Waals surface area contributed by atoms with Crippen molar-refractivity contribution in [1.82, 2.24) is 0 Å². The number of benzene rings is 2. The Morgan fingerprint density at radius 3 is 1.69 bits per heavy atom. The van der Waals surface area contributed by atoms with Gasteiger partial charge in [-0.2, -0.15) is 0 Å². The van der Waals surface area contributed by atoms with Crippen LogP contribution in [0.4, 0.5) is 0 Å². The lowest BCUT2D eigenvalue weighted by atomic mass is 10.1. The van der Waals surface area contributed by atoms with Crippen molar-refractivity contribution in [2.45, 2.75) is 41.7 Å². The van der Waals surface area contributed by atoms with Crippen molar-refractivity contribution >= 4 is 19.7 Å². The highest BCUT2D eigenvalue weighted by Gasteiger charge is 2.38. The maximum absolute atomic E-state index is 13.0. The molecule has 0 fully saturated rings. The highest BCUT2D eigenvalue weighted by Crippen LogP contribution is 2.31. The van der Waals surface area contributed by atoms with Crippen LogP contribution in [-0.2, 0) is 19.7 Å². The third kappa shape index (κ3) is 4.07. The monoisotopic (exact) mass is 392 g/mol. The number of rotatable bonds is 7. The van der Waals surface area contributed by atoms with E-state index in [2.05, 4.69) is 6.58 Å². The molecule has 1 unspecified atom stereocenters. The van der Waals surface area contributed by atoms with Gasteiger partial charge in [0.1, 0.15) is 0 Å². The third-order valence-electron chi connectivity index (χ3n) is 4.62. The molecule has 0 radical (unpaired) electrons. The Hall–Kier alpha value is -1.92. The molecule has 2 aromatic rings. The first kappa shape index (κ1) is 20.4. The summed E-state index contributed by atoms with van der Waals surface area (Å²) < 4.78 is 49.9. The maximum Gasteiger partial charge on any atom is 0.187 e. The van der Waals surface area contributed by atoms with E-state index in [0.717, 1.165) is 11.1 Å². The Morgan fingerprint density at radius 2 is 1.27 bits per heavy atom. The van der Waals surface area contributed by atoms with Crippen LogP contribution in [0.3, 0.4) is 0 Å². The van der Waals surface area contributed by atoms with E-state index in [4.69, 9.17) is 0 Å². The normalized spacial score (nSPS) is 14.6. The summed E-state index contributed by atoms with van der Waals surface area (Å²) in [6.45, 7) is 8.91. The number of sulfone groups is 2. The van der Waals surface area contributed by atoms with Crippen molar-refractivity contribution in [2.24, 2.45) is 0 Å². The average Bonchev–Trinajstić information content (AvgIpc) is 2.60. The molecule has 0 spiro atoms. The van der Waals surface area contributed by atoms with Crippen LogP contribution in [0, 0.1) is 13.8 Å². The summed E-state index contributed by atoms with van der Waals surface area (Å²) in [5, 5.41) is 0. The zero-order chi connectivity index (χ0) is 19.6. The molecule has 2 aromatic carbocycles. The van der Waals surface area contributed by atoms with E-state index in [9.17, 15) is 16.8 Å². The SMILES string of the molecule is C=CC(C)(CCS(=O)(=O)c1ccc(C)cc1)S(=O)(=O)c1ccc(C)cc1. The first-order valence-electron chi connectivity index (χ1n) is 8.26. The molecular formula is C20H24O4S2. The summed E-state index contributed by atoms with van der Waals surface area (Å²) in [7, 11) is -7.34. The quantitative estimate of drug-likeness (QED) is 0.671. The number of aryl methyl sites for hydroxylation is 2. The molecule has 0 aliphatic heterocycles. The van der Waals surface area contributed by atoms with E-state index in [0.29, 0.717) is 0 Å². The molecule has 0 aromatic heterocycles. The minimum absolute atomic E-state index is 0.0665. The van der Waals surface area contributed by atoms with E-state index >= 15 is 0 Å². The molecule has 2 rings (SSSR count). The summed E-state index contributed by atoms with van der Waals surface area (Å²) in [6.07, 6.45) is 1.26. The molecule has 4 nitrogen and oxygen atoms in total. The third-order valence-corrected chi connectivity index (χ3v) is 8.85.